The molecule has 8 heteroatoms. The number of fused-ring (bicyclic) bond motifs is 1. The Balaban J connectivity index is 1.99. The maximum absolute atomic E-state index is 13.4. The lowest BCUT2D eigenvalue weighted by Gasteiger charge is -2.17. The molecule has 4 rings (SSSR count). The van der Waals surface area contributed by atoms with E-state index in [0.29, 0.717) is 26.3 Å². The molecule has 0 amide bonds. The van der Waals surface area contributed by atoms with Gasteiger partial charge in [-0.2, -0.15) is 9.78 Å². The van der Waals surface area contributed by atoms with E-state index in [1.807, 2.05) is 37.3 Å². The Labute approximate surface area is 207 Å². The fourth-order valence-electron chi connectivity index (χ4n) is 3.51. The van der Waals surface area contributed by atoms with Gasteiger partial charge in [-0.15, -0.1) is 0 Å². The molecule has 0 spiro atoms. The van der Waals surface area contributed by atoms with Gasteiger partial charge in [-0.25, -0.2) is 4.98 Å². The number of methoxy groups -OCH3 is 1. The van der Waals surface area contributed by atoms with Crippen LogP contribution in [-0.2, 0) is 0 Å². The van der Waals surface area contributed by atoms with E-state index < -0.39 is 0 Å². The molecule has 0 saturated heterocycles. The summed E-state index contributed by atoms with van der Waals surface area (Å²) in [6.07, 6.45) is 1.52. The van der Waals surface area contributed by atoms with Crippen LogP contribution in [-0.4, -0.2) is 23.0 Å². The Kier molecular flexibility index (Phi) is 6.52. The van der Waals surface area contributed by atoms with Crippen molar-refractivity contribution < 1.29 is 9.15 Å². The van der Waals surface area contributed by atoms with E-state index >= 15 is 0 Å². The van der Waals surface area contributed by atoms with E-state index in [9.17, 15) is 4.79 Å². The minimum absolute atomic E-state index is 0.232. The second-order valence-corrected chi connectivity index (χ2v) is 9.48. The fraction of sp³-hybridized carbons (Fsp3) is 0.208. The summed E-state index contributed by atoms with van der Waals surface area (Å²) in [4.78, 5) is 18.2. The van der Waals surface area contributed by atoms with Gasteiger partial charge in [0.15, 0.2) is 9.59 Å². The minimum atomic E-state index is -0.247. The number of aromatic nitrogens is 2. The Morgan fingerprint density at radius 3 is 2.66 bits per heavy atom. The van der Waals surface area contributed by atoms with E-state index in [1.165, 1.54) is 10.9 Å². The summed E-state index contributed by atoms with van der Waals surface area (Å²) >= 11 is 5.52. The summed E-state index contributed by atoms with van der Waals surface area (Å²) in [7, 11) is 1.66. The van der Waals surface area contributed by atoms with Crippen molar-refractivity contribution in [1.82, 2.24) is 9.66 Å². The summed E-state index contributed by atoms with van der Waals surface area (Å²) in [5.74, 6) is 2.04. The molecule has 0 radical (unpaired) electrons. The molecule has 0 unspecified atom stereocenters. The Morgan fingerprint density at radius 2 is 2.00 bits per heavy atom. The average molecular weight is 606 g/mol. The average Bonchev–Trinajstić information content (AvgIpc) is 3.09. The first-order valence-corrected chi connectivity index (χ1v) is 11.9. The maximum Gasteiger partial charge on any atom is 0.282 e. The number of hydrogen-bond donors (Lipinski definition) is 0. The van der Waals surface area contributed by atoms with Crippen LogP contribution >= 0.6 is 38.5 Å². The van der Waals surface area contributed by atoms with Gasteiger partial charge in [-0.3, -0.25) is 4.79 Å². The van der Waals surface area contributed by atoms with Gasteiger partial charge in [0.1, 0.15) is 11.5 Å². The van der Waals surface area contributed by atoms with E-state index in [0.717, 1.165) is 26.9 Å². The number of furan rings is 1. The van der Waals surface area contributed by atoms with Crippen LogP contribution in [0.2, 0.25) is 0 Å². The molecule has 0 aliphatic carbocycles. The molecule has 0 fully saturated rings. The first-order valence-electron chi connectivity index (χ1n) is 10.00. The number of aryl methyl sites for hydroxylation is 1. The number of nitrogens with zero attached hydrogens (tertiary/aromatic N) is 3. The van der Waals surface area contributed by atoms with Gasteiger partial charge in [-0.05, 0) is 64.2 Å². The highest BCUT2D eigenvalue weighted by atomic mass is 127. The molecular weight excluding hydrogens is 585 g/mol. The Bertz CT molecular complexity index is 1390. The normalized spacial score (nSPS) is 11.7. The summed E-state index contributed by atoms with van der Waals surface area (Å²) in [5, 5.41) is 4.98. The van der Waals surface area contributed by atoms with Crippen molar-refractivity contribution in [2.24, 2.45) is 5.10 Å². The van der Waals surface area contributed by atoms with E-state index in [4.69, 9.17) is 14.1 Å². The summed E-state index contributed by atoms with van der Waals surface area (Å²) in [6.45, 7) is 6.18. The molecule has 6 nitrogen and oxygen atoms in total. The predicted octanol–water partition coefficient (Wildman–Crippen LogP) is 6.35. The van der Waals surface area contributed by atoms with Crippen LogP contribution in [0.1, 0.15) is 36.7 Å². The van der Waals surface area contributed by atoms with Crippen LogP contribution in [0.3, 0.4) is 0 Å². The van der Waals surface area contributed by atoms with Gasteiger partial charge in [0, 0.05) is 34.2 Å². The zero-order valence-corrected chi connectivity index (χ0v) is 21.8. The van der Waals surface area contributed by atoms with Gasteiger partial charge in [0.25, 0.3) is 5.56 Å². The molecule has 32 heavy (non-hydrogen) atoms. The molecule has 0 atom stereocenters. The summed E-state index contributed by atoms with van der Waals surface area (Å²) in [6, 6.07) is 13.1. The van der Waals surface area contributed by atoms with Crippen molar-refractivity contribution >= 4 is 55.6 Å². The SMILES string of the molecule is COc1cc(C)c(-c2nc3ccccc3c(=O)n2N=Cc2cc(Br)c(I)o2)cc1C(C)C. The van der Waals surface area contributed by atoms with Crippen molar-refractivity contribution in [3.05, 3.63) is 77.9 Å². The first kappa shape index (κ1) is 22.7. The lowest BCUT2D eigenvalue weighted by molar-refractivity contribution is 0.407. The summed E-state index contributed by atoms with van der Waals surface area (Å²) in [5.41, 5.74) is 3.17. The number of rotatable bonds is 5. The standard InChI is InChI=1S/C24H21BrIN3O3/c1-13(2)17-11-18(14(3)9-21(17)31-4)23-28-20-8-6-5-7-16(20)24(30)29(23)27-12-15-10-19(25)22(26)32-15/h5-13H,1-4H3. The van der Waals surface area contributed by atoms with Crippen molar-refractivity contribution in [3.63, 3.8) is 0 Å². The topological polar surface area (TPSA) is 69.6 Å². The molecule has 0 aliphatic rings. The molecule has 164 valence electrons. The molecule has 2 aromatic carbocycles. The molecular formula is C24H21BrIN3O3. The number of ether oxygens (including phenoxy) is 1. The quantitative estimate of drug-likeness (QED) is 0.196. The first-order chi connectivity index (χ1) is 15.3. The number of hydrogen-bond acceptors (Lipinski definition) is 5. The fourth-order valence-corrected chi connectivity index (χ4v) is 4.23. The highest BCUT2D eigenvalue weighted by Crippen LogP contribution is 2.34. The zero-order valence-electron chi connectivity index (χ0n) is 18.0. The third-order valence-electron chi connectivity index (χ3n) is 5.16. The Morgan fingerprint density at radius 1 is 1.25 bits per heavy atom. The van der Waals surface area contributed by atoms with Crippen molar-refractivity contribution in [3.8, 4) is 17.1 Å². The molecule has 2 aromatic heterocycles. The van der Waals surface area contributed by atoms with Gasteiger partial charge >= 0.3 is 0 Å². The van der Waals surface area contributed by atoms with Crippen LogP contribution in [0, 0.1) is 10.7 Å². The van der Waals surface area contributed by atoms with Gasteiger partial charge in [0.2, 0.25) is 0 Å². The molecule has 4 aromatic rings. The summed E-state index contributed by atoms with van der Waals surface area (Å²) < 4.78 is 14.1. The van der Waals surface area contributed by atoms with E-state index in [2.05, 4.69) is 57.5 Å². The highest BCUT2D eigenvalue weighted by Gasteiger charge is 2.18. The van der Waals surface area contributed by atoms with Crippen molar-refractivity contribution in [1.29, 1.82) is 0 Å². The van der Waals surface area contributed by atoms with Crippen molar-refractivity contribution in [2.75, 3.05) is 7.11 Å². The van der Waals surface area contributed by atoms with E-state index in [-0.39, 0.29) is 11.5 Å². The number of benzene rings is 2. The van der Waals surface area contributed by atoms with Gasteiger partial charge in [-0.1, -0.05) is 26.0 Å². The molecule has 0 aliphatic heterocycles. The highest BCUT2D eigenvalue weighted by molar-refractivity contribution is 14.1. The van der Waals surface area contributed by atoms with Crippen molar-refractivity contribution in [2.45, 2.75) is 26.7 Å². The van der Waals surface area contributed by atoms with E-state index in [1.54, 1.807) is 19.2 Å². The lowest BCUT2D eigenvalue weighted by Crippen LogP contribution is -2.20. The zero-order chi connectivity index (χ0) is 23.0. The van der Waals surface area contributed by atoms with Crippen LogP contribution in [0.25, 0.3) is 22.3 Å². The van der Waals surface area contributed by atoms with Crippen LogP contribution < -0.4 is 10.3 Å². The largest absolute Gasteiger partial charge is 0.496 e. The third kappa shape index (κ3) is 4.25. The molecule has 0 N–H and O–H groups in total. The minimum Gasteiger partial charge on any atom is -0.496 e. The third-order valence-corrected chi connectivity index (χ3v) is 7.29. The smallest absolute Gasteiger partial charge is 0.282 e. The monoisotopic (exact) mass is 605 g/mol. The maximum atomic E-state index is 13.4. The molecule has 0 saturated carbocycles. The molecule has 0 bridgehead atoms. The Hall–Kier alpha value is -2.46. The lowest BCUT2D eigenvalue weighted by atomic mass is 9.96. The van der Waals surface area contributed by atoms with Crippen LogP contribution in [0.4, 0.5) is 0 Å². The van der Waals surface area contributed by atoms with Gasteiger partial charge in [0.05, 0.1) is 28.7 Å². The number of halogens is 2. The second kappa shape index (κ2) is 9.19. The molecule has 2 heterocycles. The van der Waals surface area contributed by atoms with Crippen LogP contribution in [0.5, 0.6) is 5.75 Å². The number of para-hydroxylation sites is 1. The van der Waals surface area contributed by atoms with Gasteiger partial charge < -0.3 is 9.15 Å². The second-order valence-electron chi connectivity index (χ2n) is 7.65. The predicted molar refractivity (Wildman–Crippen MR) is 139 cm³/mol. The van der Waals surface area contributed by atoms with Crippen LogP contribution in [0.15, 0.2) is 61.3 Å².